The van der Waals surface area contributed by atoms with Crippen molar-refractivity contribution in [1.82, 2.24) is 5.32 Å². The van der Waals surface area contributed by atoms with Gasteiger partial charge in [-0.05, 0) is 72.9 Å². The molecule has 4 rings (SSSR count). The lowest BCUT2D eigenvalue weighted by atomic mass is 10.0. The third-order valence-corrected chi connectivity index (χ3v) is 7.15. The Kier molecular flexibility index (Phi) is 9.96. The number of benzene rings is 3. The summed E-state index contributed by atoms with van der Waals surface area (Å²) in [6.45, 7) is 5.91. The first-order valence-electron chi connectivity index (χ1n) is 13.3. The van der Waals surface area contributed by atoms with Gasteiger partial charge in [0.05, 0.1) is 11.4 Å². The summed E-state index contributed by atoms with van der Waals surface area (Å²) in [5.74, 6) is -0.138. The average molecular weight is 614 g/mol. The number of nitrogens with zero attached hydrogens (tertiary/aromatic N) is 2. The van der Waals surface area contributed by atoms with Gasteiger partial charge in [-0.3, -0.25) is 9.69 Å². The third-order valence-electron chi connectivity index (χ3n) is 6.23. The maximum atomic E-state index is 12.7. The highest BCUT2D eigenvalue weighted by atomic mass is 32.2. The Morgan fingerprint density at radius 2 is 1.56 bits per heavy atom. The summed E-state index contributed by atoms with van der Waals surface area (Å²) < 4.78 is 40.7. The Bertz CT molecular complexity index is 1490. The lowest BCUT2D eigenvalue weighted by molar-refractivity contribution is -0.274. The fraction of sp³-hybridized carbons (Fsp3) is 0.267. The maximum Gasteiger partial charge on any atom is 0.573 e. The van der Waals surface area contributed by atoms with Gasteiger partial charge in [0.25, 0.3) is 0 Å². The van der Waals surface area contributed by atoms with Crippen molar-refractivity contribution >= 4 is 52.0 Å². The lowest BCUT2D eigenvalue weighted by Gasteiger charge is -2.21. The van der Waals surface area contributed by atoms with E-state index in [2.05, 4.69) is 25.7 Å². The van der Waals surface area contributed by atoms with Crippen LogP contribution in [0.25, 0.3) is 0 Å². The number of hydrogen-bond acceptors (Lipinski definition) is 5. The minimum Gasteiger partial charge on any atom is -0.406 e. The zero-order chi connectivity index (χ0) is 31.1. The van der Waals surface area contributed by atoms with Crippen LogP contribution < -0.4 is 25.6 Å². The highest BCUT2D eigenvalue weighted by Crippen LogP contribution is 2.33. The number of nitrogens with one attached hydrogen (secondary N) is 3. The first-order chi connectivity index (χ1) is 20.4. The molecule has 1 saturated heterocycles. The molecule has 0 spiro atoms. The Morgan fingerprint density at radius 1 is 0.953 bits per heavy atom. The van der Waals surface area contributed by atoms with Crippen molar-refractivity contribution in [2.75, 3.05) is 21.3 Å². The highest BCUT2D eigenvalue weighted by molar-refractivity contribution is 8.15. The van der Waals surface area contributed by atoms with E-state index in [9.17, 15) is 27.6 Å². The van der Waals surface area contributed by atoms with Crippen LogP contribution in [0.4, 0.5) is 39.8 Å². The van der Waals surface area contributed by atoms with Crippen molar-refractivity contribution in [3.8, 4) is 5.75 Å². The second kappa shape index (κ2) is 13.6. The van der Waals surface area contributed by atoms with Crippen LogP contribution in [0.5, 0.6) is 5.75 Å². The molecule has 1 atom stereocenters. The Labute approximate surface area is 250 Å². The van der Waals surface area contributed by atoms with Crippen LogP contribution in [0.15, 0.2) is 77.8 Å². The number of alkyl halides is 3. The van der Waals surface area contributed by atoms with E-state index in [-0.39, 0.29) is 29.3 Å². The minimum absolute atomic E-state index is 0.131. The molecular weight excluding hydrogens is 583 g/mol. The molecule has 1 fully saturated rings. The normalized spacial score (nSPS) is 15.0. The molecule has 226 valence electrons. The number of halogens is 3. The second-order valence-electron chi connectivity index (χ2n) is 10.0. The minimum atomic E-state index is -4.80. The molecule has 13 heteroatoms. The predicted octanol–water partition coefficient (Wildman–Crippen LogP) is 7.13. The van der Waals surface area contributed by atoms with Crippen LogP contribution in [-0.2, 0) is 11.2 Å². The number of hydrogen-bond donors (Lipinski definition) is 3. The molecule has 9 nitrogen and oxygen atoms in total. The zero-order valence-electron chi connectivity index (χ0n) is 23.6. The van der Waals surface area contributed by atoms with Crippen molar-refractivity contribution in [2.24, 2.45) is 4.99 Å². The summed E-state index contributed by atoms with van der Waals surface area (Å²) in [6, 6.07) is 17.9. The van der Waals surface area contributed by atoms with E-state index in [1.54, 1.807) is 24.3 Å². The van der Waals surface area contributed by atoms with E-state index in [0.717, 1.165) is 28.9 Å². The van der Waals surface area contributed by atoms with Gasteiger partial charge >= 0.3 is 18.4 Å². The molecule has 3 N–H and O–H groups in total. The SMILES string of the molecule is CC(Cc1ccc(NC(=O)Nc2ccc(OC(F)(F)F)cc2)cc1)NC(=O)/N=C1\SCC(=O)N1c1ccccc1C(C)C. The molecular formula is C30H30F3N5O4S. The molecule has 0 aromatic heterocycles. The standard InChI is InChI=1S/C30H30F3N5O4S/c1-18(2)24-6-4-5-7-25(24)38-26(39)17-43-29(38)37-27(40)34-19(3)16-20-8-10-21(11-9-20)35-28(41)36-22-12-14-23(15-13-22)42-30(31,32)33/h4-15,18-19H,16-17H2,1-3H3,(H,34,40)(H2,35,36,41)/b37-29-. The van der Waals surface area contributed by atoms with Crippen LogP contribution in [0.3, 0.4) is 0 Å². The van der Waals surface area contributed by atoms with Gasteiger partial charge in [-0.25, -0.2) is 9.59 Å². The monoisotopic (exact) mass is 613 g/mol. The Morgan fingerprint density at radius 3 is 2.16 bits per heavy atom. The van der Waals surface area contributed by atoms with Crippen molar-refractivity contribution in [1.29, 1.82) is 0 Å². The van der Waals surface area contributed by atoms with Gasteiger partial charge in [-0.2, -0.15) is 4.99 Å². The summed E-state index contributed by atoms with van der Waals surface area (Å²) in [7, 11) is 0. The van der Waals surface area contributed by atoms with Gasteiger partial charge in [0.2, 0.25) is 5.91 Å². The topological polar surface area (TPSA) is 112 Å². The van der Waals surface area contributed by atoms with Gasteiger partial charge in [0.1, 0.15) is 5.75 Å². The quantitative estimate of drug-likeness (QED) is 0.250. The third kappa shape index (κ3) is 8.98. The highest BCUT2D eigenvalue weighted by Gasteiger charge is 2.32. The summed E-state index contributed by atoms with van der Waals surface area (Å²) >= 11 is 1.22. The van der Waals surface area contributed by atoms with Crippen molar-refractivity contribution in [2.45, 2.75) is 45.5 Å². The Balaban J connectivity index is 1.29. The summed E-state index contributed by atoms with van der Waals surface area (Å²) in [4.78, 5) is 43.4. The van der Waals surface area contributed by atoms with E-state index >= 15 is 0 Å². The zero-order valence-corrected chi connectivity index (χ0v) is 24.4. The number of para-hydroxylation sites is 1. The van der Waals surface area contributed by atoms with Crippen molar-refractivity contribution in [3.05, 3.63) is 83.9 Å². The number of anilines is 3. The molecule has 1 aliphatic heterocycles. The van der Waals surface area contributed by atoms with Gasteiger partial charge < -0.3 is 20.7 Å². The fourth-order valence-corrected chi connectivity index (χ4v) is 5.21. The number of carbonyl (C=O) groups excluding carboxylic acids is 3. The van der Waals surface area contributed by atoms with Crippen LogP contribution in [0.2, 0.25) is 0 Å². The Hall–Kier alpha value is -4.52. The molecule has 1 aliphatic rings. The number of rotatable bonds is 8. The molecule has 0 aliphatic carbocycles. The van der Waals surface area contributed by atoms with Crippen LogP contribution in [0, 0.1) is 0 Å². The van der Waals surface area contributed by atoms with E-state index < -0.39 is 24.2 Å². The van der Waals surface area contributed by atoms with Crippen LogP contribution in [0.1, 0.15) is 37.8 Å². The number of aliphatic imine (C=N–C) groups is 1. The maximum absolute atomic E-state index is 12.7. The molecule has 3 aromatic carbocycles. The molecule has 0 radical (unpaired) electrons. The van der Waals surface area contributed by atoms with E-state index in [0.29, 0.717) is 17.3 Å². The van der Waals surface area contributed by atoms with Gasteiger partial charge in [0, 0.05) is 17.4 Å². The summed E-state index contributed by atoms with van der Waals surface area (Å²) in [5, 5.41) is 8.35. The predicted molar refractivity (Wildman–Crippen MR) is 162 cm³/mol. The number of thioether (sulfide) groups is 1. The second-order valence-corrected chi connectivity index (χ2v) is 11.0. The van der Waals surface area contributed by atoms with Gasteiger partial charge in [0.15, 0.2) is 5.17 Å². The van der Waals surface area contributed by atoms with Gasteiger partial charge in [-0.1, -0.05) is 55.9 Å². The molecule has 1 heterocycles. The van der Waals surface area contributed by atoms with E-state index in [1.807, 2.05) is 45.0 Å². The largest absolute Gasteiger partial charge is 0.573 e. The van der Waals surface area contributed by atoms with Crippen LogP contribution >= 0.6 is 11.8 Å². The average Bonchev–Trinajstić information content (AvgIpc) is 3.29. The molecule has 1 unspecified atom stereocenters. The number of amidine groups is 1. The molecule has 0 saturated carbocycles. The number of urea groups is 2. The molecule has 3 aromatic rings. The number of amides is 5. The first-order valence-corrected chi connectivity index (χ1v) is 14.3. The van der Waals surface area contributed by atoms with Crippen molar-refractivity contribution < 1.29 is 32.3 Å². The number of ether oxygens (including phenoxy) is 1. The molecule has 43 heavy (non-hydrogen) atoms. The van der Waals surface area contributed by atoms with E-state index in [1.165, 1.54) is 28.8 Å². The number of carbonyl (C=O) groups is 3. The smallest absolute Gasteiger partial charge is 0.406 e. The summed E-state index contributed by atoms with van der Waals surface area (Å²) in [5.41, 5.74) is 3.38. The first kappa shape index (κ1) is 31.4. The van der Waals surface area contributed by atoms with Crippen molar-refractivity contribution in [3.63, 3.8) is 0 Å². The molecule has 5 amide bonds. The summed E-state index contributed by atoms with van der Waals surface area (Å²) in [6.07, 6.45) is -4.31. The van der Waals surface area contributed by atoms with E-state index in [4.69, 9.17) is 0 Å². The fourth-order valence-electron chi connectivity index (χ4n) is 4.35. The van der Waals surface area contributed by atoms with Crippen LogP contribution in [-0.4, -0.2) is 41.3 Å². The molecule has 0 bridgehead atoms. The van der Waals surface area contributed by atoms with Gasteiger partial charge in [-0.15, -0.1) is 13.2 Å². The lowest BCUT2D eigenvalue weighted by Crippen LogP contribution is -2.35.